The minimum atomic E-state index is -1.10. The van der Waals surface area contributed by atoms with Crippen LogP contribution >= 0.6 is 0 Å². The standard InChI is InChI=1S/C14H19FN2O3/c1-20-13-4-2-10(3-5-13)7-17-8-11(15)6-12(9-17)16-14(18)19/h2-5,11-12,16H,6-9H2,1H3,(H,18,19)/t11-,12+/m1/s1. The van der Waals surface area contributed by atoms with Crippen molar-refractivity contribution in [3.8, 4) is 5.75 Å². The molecule has 1 heterocycles. The van der Waals surface area contributed by atoms with Crippen LogP contribution in [0.15, 0.2) is 24.3 Å². The van der Waals surface area contributed by atoms with Gasteiger partial charge in [0.2, 0.25) is 0 Å². The number of alkyl halides is 1. The highest BCUT2D eigenvalue weighted by molar-refractivity contribution is 5.64. The number of hydrogen-bond acceptors (Lipinski definition) is 3. The smallest absolute Gasteiger partial charge is 0.404 e. The number of halogens is 1. The molecule has 6 heteroatoms. The number of piperidine rings is 1. The summed E-state index contributed by atoms with van der Waals surface area (Å²) in [5.41, 5.74) is 1.05. The lowest BCUT2D eigenvalue weighted by molar-refractivity contribution is 0.103. The van der Waals surface area contributed by atoms with Crippen LogP contribution < -0.4 is 10.1 Å². The van der Waals surface area contributed by atoms with Gasteiger partial charge in [-0.3, -0.25) is 4.90 Å². The van der Waals surface area contributed by atoms with E-state index in [-0.39, 0.29) is 12.5 Å². The van der Waals surface area contributed by atoms with E-state index >= 15 is 0 Å². The molecule has 0 saturated carbocycles. The Kier molecular flexibility index (Phi) is 4.79. The lowest BCUT2D eigenvalue weighted by Gasteiger charge is -2.34. The molecule has 5 nitrogen and oxygen atoms in total. The molecule has 1 aliphatic heterocycles. The number of nitrogens with zero attached hydrogens (tertiary/aromatic N) is 1. The van der Waals surface area contributed by atoms with Gasteiger partial charge in [0.1, 0.15) is 11.9 Å². The number of hydrogen-bond donors (Lipinski definition) is 2. The molecule has 2 atom stereocenters. The maximum absolute atomic E-state index is 13.7. The SMILES string of the molecule is COc1ccc(CN2C[C@H](F)C[C@H](NC(=O)O)C2)cc1. The van der Waals surface area contributed by atoms with E-state index in [1.54, 1.807) is 7.11 Å². The summed E-state index contributed by atoms with van der Waals surface area (Å²) in [6.45, 7) is 1.46. The average Bonchev–Trinajstić information content (AvgIpc) is 2.38. The zero-order valence-electron chi connectivity index (χ0n) is 11.4. The maximum atomic E-state index is 13.7. The van der Waals surface area contributed by atoms with E-state index in [4.69, 9.17) is 9.84 Å². The third kappa shape index (κ3) is 4.09. The molecule has 0 spiro atoms. The van der Waals surface area contributed by atoms with Crippen molar-refractivity contribution in [3.05, 3.63) is 29.8 Å². The number of amides is 1. The van der Waals surface area contributed by atoms with Gasteiger partial charge in [-0.2, -0.15) is 0 Å². The van der Waals surface area contributed by atoms with Crippen LogP contribution in [0.1, 0.15) is 12.0 Å². The summed E-state index contributed by atoms with van der Waals surface area (Å²) in [6.07, 6.45) is -1.86. The molecule has 1 aliphatic rings. The first-order valence-corrected chi connectivity index (χ1v) is 6.55. The van der Waals surface area contributed by atoms with Crippen molar-refractivity contribution in [1.29, 1.82) is 0 Å². The Labute approximate surface area is 117 Å². The highest BCUT2D eigenvalue weighted by Crippen LogP contribution is 2.18. The maximum Gasteiger partial charge on any atom is 0.404 e. The summed E-state index contributed by atoms with van der Waals surface area (Å²) in [5, 5.41) is 11.1. The number of carboxylic acid groups (broad SMARTS) is 1. The zero-order chi connectivity index (χ0) is 14.5. The van der Waals surface area contributed by atoms with Gasteiger partial charge < -0.3 is 15.2 Å². The number of likely N-dealkylation sites (tertiary alicyclic amines) is 1. The van der Waals surface area contributed by atoms with Crippen molar-refractivity contribution in [2.75, 3.05) is 20.2 Å². The van der Waals surface area contributed by atoms with Crippen molar-refractivity contribution in [3.63, 3.8) is 0 Å². The Hall–Kier alpha value is -1.82. The molecule has 0 bridgehead atoms. The third-order valence-electron chi connectivity index (χ3n) is 3.37. The summed E-state index contributed by atoms with van der Waals surface area (Å²) in [7, 11) is 1.61. The second-order valence-electron chi connectivity index (χ2n) is 5.02. The van der Waals surface area contributed by atoms with Crippen molar-refractivity contribution >= 4 is 6.09 Å². The second-order valence-corrected chi connectivity index (χ2v) is 5.02. The first-order chi connectivity index (χ1) is 9.56. The summed E-state index contributed by atoms with van der Waals surface area (Å²) in [6, 6.07) is 7.23. The number of carbonyl (C=O) groups is 1. The molecule has 2 rings (SSSR count). The predicted molar refractivity (Wildman–Crippen MR) is 72.7 cm³/mol. The zero-order valence-corrected chi connectivity index (χ0v) is 11.4. The van der Waals surface area contributed by atoms with Crippen LogP contribution in [0.4, 0.5) is 9.18 Å². The molecule has 1 aromatic rings. The molecule has 20 heavy (non-hydrogen) atoms. The Morgan fingerprint density at radius 3 is 2.75 bits per heavy atom. The van der Waals surface area contributed by atoms with Crippen LogP contribution in [-0.2, 0) is 6.54 Å². The van der Waals surface area contributed by atoms with Crippen molar-refractivity contribution in [2.24, 2.45) is 0 Å². The van der Waals surface area contributed by atoms with Crippen molar-refractivity contribution in [1.82, 2.24) is 10.2 Å². The van der Waals surface area contributed by atoms with Gasteiger partial charge in [0.15, 0.2) is 0 Å². The van der Waals surface area contributed by atoms with Gasteiger partial charge in [0, 0.05) is 32.1 Å². The monoisotopic (exact) mass is 282 g/mol. The highest BCUT2D eigenvalue weighted by atomic mass is 19.1. The molecule has 0 aliphatic carbocycles. The lowest BCUT2D eigenvalue weighted by atomic mass is 10.0. The Balaban J connectivity index is 1.94. The molecular formula is C14H19FN2O3. The number of methoxy groups -OCH3 is 1. The third-order valence-corrected chi connectivity index (χ3v) is 3.37. The Morgan fingerprint density at radius 1 is 1.45 bits per heavy atom. The van der Waals surface area contributed by atoms with Gasteiger partial charge in [0.05, 0.1) is 7.11 Å². The molecule has 1 fully saturated rings. The fraction of sp³-hybridized carbons (Fsp3) is 0.500. The van der Waals surface area contributed by atoms with Crippen LogP contribution in [0, 0.1) is 0 Å². The van der Waals surface area contributed by atoms with Crippen LogP contribution in [0.25, 0.3) is 0 Å². The van der Waals surface area contributed by atoms with E-state index in [9.17, 15) is 9.18 Å². The number of benzene rings is 1. The normalized spacial score (nSPS) is 23.3. The quantitative estimate of drug-likeness (QED) is 0.885. The van der Waals surface area contributed by atoms with Gasteiger partial charge in [0.25, 0.3) is 0 Å². The molecule has 0 radical (unpaired) electrons. The Bertz CT molecular complexity index is 452. The van der Waals surface area contributed by atoms with Gasteiger partial charge >= 0.3 is 6.09 Å². The highest BCUT2D eigenvalue weighted by Gasteiger charge is 2.28. The summed E-state index contributed by atoms with van der Waals surface area (Å²) < 4.78 is 18.7. The molecular weight excluding hydrogens is 263 g/mol. The Morgan fingerprint density at radius 2 is 2.15 bits per heavy atom. The first-order valence-electron chi connectivity index (χ1n) is 6.55. The predicted octanol–water partition coefficient (Wildman–Crippen LogP) is 1.88. The number of nitrogens with one attached hydrogen (secondary N) is 1. The van der Waals surface area contributed by atoms with Gasteiger partial charge in [-0.05, 0) is 17.7 Å². The largest absolute Gasteiger partial charge is 0.497 e. The number of ether oxygens (including phenoxy) is 1. The molecule has 0 unspecified atom stereocenters. The van der Waals surface area contributed by atoms with E-state index in [0.717, 1.165) is 11.3 Å². The van der Waals surface area contributed by atoms with Crippen molar-refractivity contribution < 1.29 is 19.0 Å². The fourth-order valence-corrected chi connectivity index (χ4v) is 2.52. The lowest BCUT2D eigenvalue weighted by Crippen LogP contribution is -2.50. The summed E-state index contributed by atoms with van der Waals surface area (Å²) >= 11 is 0. The molecule has 2 N–H and O–H groups in total. The molecule has 1 amide bonds. The number of rotatable bonds is 4. The van der Waals surface area contributed by atoms with Gasteiger partial charge in [-0.25, -0.2) is 9.18 Å². The van der Waals surface area contributed by atoms with Crippen LogP contribution in [0.5, 0.6) is 5.75 Å². The molecule has 1 saturated heterocycles. The van der Waals surface area contributed by atoms with Crippen LogP contribution in [0.2, 0.25) is 0 Å². The fourth-order valence-electron chi connectivity index (χ4n) is 2.52. The molecule has 0 aromatic heterocycles. The van der Waals surface area contributed by atoms with Gasteiger partial charge in [-0.1, -0.05) is 12.1 Å². The average molecular weight is 282 g/mol. The van der Waals surface area contributed by atoms with E-state index in [2.05, 4.69) is 5.32 Å². The van der Waals surface area contributed by atoms with Gasteiger partial charge in [-0.15, -0.1) is 0 Å². The van der Waals surface area contributed by atoms with E-state index in [1.807, 2.05) is 29.2 Å². The van der Waals surface area contributed by atoms with Crippen LogP contribution in [-0.4, -0.2) is 48.5 Å². The topological polar surface area (TPSA) is 61.8 Å². The minimum absolute atomic E-state index is 0.241. The van der Waals surface area contributed by atoms with E-state index in [0.29, 0.717) is 19.6 Å². The molecule has 110 valence electrons. The first kappa shape index (κ1) is 14.6. The van der Waals surface area contributed by atoms with Crippen molar-refractivity contribution in [2.45, 2.75) is 25.2 Å². The van der Waals surface area contributed by atoms with E-state index < -0.39 is 12.3 Å². The summed E-state index contributed by atoms with van der Waals surface area (Å²) in [5.74, 6) is 0.779. The van der Waals surface area contributed by atoms with Crippen LogP contribution in [0.3, 0.4) is 0 Å². The second kappa shape index (κ2) is 6.56. The summed E-state index contributed by atoms with van der Waals surface area (Å²) in [4.78, 5) is 12.6. The molecule has 1 aromatic carbocycles. The van der Waals surface area contributed by atoms with E-state index in [1.165, 1.54) is 0 Å². The minimum Gasteiger partial charge on any atom is -0.497 e.